The number of rotatable bonds is 2. The second-order valence-electron chi connectivity index (χ2n) is 2.98. The monoisotopic (exact) mass is 263 g/mol. The Kier molecular flexibility index (Phi) is 3.76. The van der Waals surface area contributed by atoms with Crippen LogP contribution in [0.1, 0.15) is 15.9 Å². The molecule has 0 aromatic heterocycles. The summed E-state index contributed by atoms with van der Waals surface area (Å²) in [7, 11) is 0.899. The molecular weight excluding hydrogens is 258 g/mol. The molecule has 0 atom stereocenters. The number of hydrogen-bond acceptors (Lipinski definition) is 4. The summed E-state index contributed by atoms with van der Waals surface area (Å²) < 4.78 is 57.1. The first-order valence-corrected chi connectivity index (χ1v) is 4.36. The molecule has 1 aromatic rings. The number of nitriles is 1. The van der Waals surface area contributed by atoms with Crippen LogP contribution in [0, 0.1) is 17.1 Å². The minimum absolute atomic E-state index is 0.494. The van der Waals surface area contributed by atoms with Crippen molar-refractivity contribution in [2.24, 2.45) is 0 Å². The van der Waals surface area contributed by atoms with Gasteiger partial charge in [0.25, 0.3) is 0 Å². The lowest BCUT2D eigenvalue weighted by Crippen LogP contribution is -2.20. The summed E-state index contributed by atoms with van der Waals surface area (Å²) >= 11 is 0. The van der Waals surface area contributed by atoms with E-state index in [0.29, 0.717) is 12.1 Å². The maximum Gasteiger partial charge on any atom is 0.573 e. The third kappa shape index (κ3) is 3.10. The number of nitrogens with zero attached hydrogens (tertiary/aromatic N) is 1. The van der Waals surface area contributed by atoms with Crippen molar-refractivity contribution in [2.75, 3.05) is 7.11 Å². The molecule has 0 unspecified atom stereocenters. The van der Waals surface area contributed by atoms with Crippen molar-refractivity contribution in [3.8, 4) is 11.8 Å². The summed E-state index contributed by atoms with van der Waals surface area (Å²) in [4.78, 5) is 11.2. The largest absolute Gasteiger partial charge is 0.573 e. The van der Waals surface area contributed by atoms with Gasteiger partial charge in [-0.25, -0.2) is 9.18 Å². The molecule has 0 bridgehead atoms. The Morgan fingerprint density at radius 3 is 2.44 bits per heavy atom. The Morgan fingerprint density at radius 1 is 1.39 bits per heavy atom. The van der Waals surface area contributed by atoms with E-state index in [1.165, 1.54) is 6.07 Å². The van der Waals surface area contributed by atoms with Gasteiger partial charge in [-0.2, -0.15) is 5.26 Å². The topological polar surface area (TPSA) is 59.3 Å². The Balaban J connectivity index is 3.44. The standard InChI is InChI=1S/C10H5F4NO3/c1-17-9(16)7-3-6(11)2-5(4-15)8(7)18-10(12,13)14/h2-3H,1H3. The highest BCUT2D eigenvalue weighted by Gasteiger charge is 2.35. The van der Waals surface area contributed by atoms with Crippen molar-refractivity contribution in [3.05, 3.63) is 29.1 Å². The minimum Gasteiger partial charge on any atom is -0.465 e. The van der Waals surface area contributed by atoms with Crippen LogP contribution in [-0.4, -0.2) is 19.4 Å². The molecular formula is C10H5F4NO3. The van der Waals surface area contributed by atoms with E-state index < -0.39 is 35.0 Å². The van der Waals surface area contributed by atoms with Gasteiger partial charge in [0.2, 0.25) is 0 Å². The zero-order valence-corrected chi connectivity index (χ0v) is 8.84. The molecule has 0 heterocycles. The highest BCUT2D eigenvalue weighted by molar-refractivity contribution is 5.93. The summed E-state index contributed by atoms with van der Waals surface area (Å²) in [6, 6.07) is 2.32. The molecule has 4 nitrogen and oxygen atoms in total. The fourth-order valence-corrected chi connectivity index (χ4v) is 1.16. The lowest BCUT2D eigenvalue weighted by Gasteiger charge is -2.13. The number of halogens is 4. The highest BCUT2D eigenvalue weighted by Crippen LogP contribution is 2.31. The van der Waals surface area contributed by atoms with Crippen molar-refractivity contribution in [2.45, 2.75) is 6.36 Å². The van der Waals surface area contributed by atoms with Crippen LogP contribution in [0.25, 0.3) is 0 Å². The summed E-state index contributed by atoms with van der Waals surface area (Å²) in [5.74, 6) is -3.38. The number of carbonyl (C=O) groups excluding carboxylic acids is 1. The van der Waals surface area contributed by atoms with Gasteiger partial charge in [0.05, 0.1) is 12.7 Å². The van der Waals surface area contributed by atoms with Gasteiger partial charge in [-0.3, -0.25) is 0 Å². The Hall–Kier alpha value is -2.30. The number of alkyl halides is 3. The average Bonchev–Trinajstić information content (AvgIpc) is 2.28. The molecule has 0 N–H and O–H groups in total. The molecule has 1 rings (SSSR count). The van der Waals surface area contributed by atoms with E-state index in [-0.39, 0.29) is 0 Å². The number of hydrogen-bond donors (Lipinski definition) is 0. The molecule has 0 saturated carbocycles. The first kappa shape index (κ1) is 13.8. The molecule has 0 aliphatic carbocycles. The van der Waals surface area contributed by atoms with Crippen molar-refractivity contribution in [1.29, 1.82) is 5.26 Å². The predicted molar refractivity (Wildman–Crippen MR) is 49.1 cm³/mol. The lowest BCUT2D eigenvalue weighted by atomic mass is 10.1. The van der Waals surface area contributed by atoms with Crippen molar-refractivity contribution >= 4 is 5.97 Å². The van der Waals surface area contributed by atoms with E-state index >= 15 is 0 Å². The molecule has 0 aliphatic rings. The van der Waals surface area contributed by atoms with Crippen LogP contribution in [0.3, 0.4) is 0 Å². The van der Waals surface area contributed by atoms with Gasteiger partial charge >= 0.3 is 12.3 Å². The second-order valence-corrected chi connectivity index (χ2v) is 2.98. The van der Waals surface area contributed by atoms with Crippen LogP contribution in [0.4, 0.5) is 17.6 Å². The van der Waals surface area contributed by atoms with Crippen LogP contribution in [-0.2, 0) is 4.74 Å². The van der Waals surface area contributed by atoms with Gasteiger partial charge in [-0.1, -0.05) is 0 Å². The van der Waals surface area contributed by atoms with Crippen molar-refractivity contribution in [1.82, 2.24) is 0 Å². The van der Waals surface area contributed by atoms with E-state index in [4.69, 9.17) is 5.26 Å². The summed E-state index contributed by atoms with van der Waals surface area (Å²) in [6.45, 7) is 0. The van der Waals surface area contributed by atoms with Gasteiger partial charge in [0, 0.05) is 0 Å². The minimum atomic E-state index is -5.12. The molecule has 1 aromatic carbocycles. The molecule has 0 aliphatic heterocycles. The maximum absolute atomic E-state index is 13.0. The highest BCUT2D eigenvalue weighted by atomic mass is 19.4. The van der Waals surface area contributed by atoms with Gasteiger partial charge < -0.3 is 9.47 Å². The quantitative estimate of drug-likeness (QED) is 0.607. The average molecular weight is 263 g/mol. The SMILES string of the molecule is COC(=O)c1cc(F)cc(C#N)c1OC(F)(F)F. The first-order chi connectivity index (χ1) is 8.28. The normalized spacial score (nSPS) is 10.7. The van der Waals surface area contributed by atoms with E-state index in [2.05, 4.69) is 9.47 Å². The summed E-state index contributed by atoms with van der Waals surface area (Å²) in [5.41, 5.74) is -1.57. The van der Waals surface area contributed by atoms with Crippen molar-refractivity contribution < 1.29 is 31.8 Å². The van der Waals surface area contributed by atoms with Crippen LogP contribution >= 0.6 is 0 Å². The van der Waals surface area contributed by atoms with E-state index in [1.807, 2.05) is 0 Å². The Labute approximate surface area is 98.3 Å². The zero-order valence-electron chi connectivity index (χ0n) is 8.84. The van der Waals surface area contributed by atoms with E-state index in [0.717, 1.165) is 7.11 Å². The van der Waals surface area contributed by atoms with Crippen molar-refractivity contribution in [3.63, 3.8) is 0 Å². The maximum atomic E-state index is 13.0. The van der Waals surface area contributed by atoms with Gasteiger partial charge in [0.15, 0.2) is 5.75 Å². The smallest absolute Gasteiger partial charge is 0.465 e. The zero-order chi connectivity index (χ0) is 13.9. The molecule has 96 valence electrons. The number of esters is 1. The predicted octanol–water partition coefficient (Wildman–Crippen LogP) is 2.38. The Morgan fingerprint density at radius 2 is 2.00 bits per heavy atom. The van der Waals surface area contributed by atoms with Gasteiger partial charge in [-0.05, 0) is 12.1 Å². The number of methoxy groups -OCH3 is 1. The van der Waals surface area contributed by atoms with Crippen LogP contribution in [0.5, 0.6) is 5.75 Å². The van der Waals surface area contributed by atoms with Gasteiger partial charge in [-0.15, -0.1) is 13.2 Å². The molecule has 0 saturated heterocycles. The summed E-state index contributed by atoms with van der Waals surface area (Å²) in [5, 5.41) is 8.60. The van der Waals surface area contributed by atoms with Gasteiger partial charge in [0.1, 0.15) is 17.4 Å². The second kappa shape index (κ2) is 4.91. The van der Waals surface area contributed by atoms with Crippen LogP contribution < -0.4 is 4.74 Å². The molecule has 0 fully saturated rings. The fraction of sp³-hybridized carbons (Fsp3) is 0.200. The molecule has 8 heteroatoms. The van der Waals surface area contributed by atoms with E-state index in [1.54, 1.807) is 0 Å². The molecule has 0 radical (unpaired) electrons. The third-order valence-corrected chi connectivity index (χ3v) is 1.80. The van der Waals surface area contributed by atoms with Crippen LogP contribution in [0.2, 0.25) is 0 Å². The fourth-order valence-electron chi connectivity index (χ4n) is 1.16. The number of carbonyl (C=O) groups is 1. The third-order valence-electron chi connectivity index (χ3n) is 1.80. The van der Waals surface area contributed by atoms with E-state index in [9.17, 15) is 22.4 Å². The molecule has 0 amide bonds. The molecule has 0 spiro atoms. The number of benzene rings is 1. The summed E-state index contributed by atoms with van der Waals surface area (Å²) in [6.07, 6.45) is -5.12. The van der Waals surface area contributed by atoms with Crippen LogP contribution in [0.15, 0.2) is 12.1 Å². The molecule has 18 heavy (non-hydrogen) atoms. The lowest BCUT2D eigenvalue weighted by molar-refractivity contribution is -0.274. The Bertz CT molecular complexity index is 519. The first-order valence-electron chi connectivity index (χ1n) is 4.36. The number of ether oxygens (including phenoxy) is 2.